The molecule has 2 N–H and O–H groups in total. The van der Waals surface area contributed by atoms with Crippen molar-refractivity contribution in [2.24, 2.45) is 0 Å². The molecule has 15 heteroatoms. The summed E-state index contributed by atoms with van der Waals surface area (Å²) in [5.41, 5.74) is -2.83. The molecule has 0 aliphatic rings. The monoisotopic (exact) mass is 551 g/mol. The van der Waals surface area contributed by atoms with E-state index < -0.39 is 55.1 Å². The second kappa shape index (κ2) is 10.5. The Labute approximate surface area is 207 Å². The van der Waals surface area contributed by atoms with E-state index in [0.717, 1.165) is 23.2 Å². The smallest absolute Gasteiger partial charge is 0.326 e. The van der Waals surface area contributed by atoms with E-state index >= 15 is 0 Å². The topological polar surface area (TPSA) is 96.3 Å². The summed E-state index contributed by atoms with van der Waals surface area (Å²) in [6.07, 6.45) is -4.94. The number of alkyl halides is 5. The third-order valence-corrected chi connectivity index (χ3v) is 6.60. The maximum absolute atomic E-state index is 13.7. The Morgan fingerprint density at radius 2 is 1.81 bits per heavy atom. The number of nitrogens with one attached hydrogen (secondary N) is 2. The molecule has 0 radical (unpaired) electrons. The van der Waals surface area contributed by atoms with E-state index in [2.05, 4.69) is 15.2 Å². The van der Waals surface area contributed by atoms with Crippen LogP contribution >= 0.6 is 11.6 Å². The van der Waals surface area contributed by atoms with Gasteiger partial charge in [-0.2, -0.15) is 31.7 Å². The van der Waals surface area contributed by atoms with Crippen LogP contribution in [0.2, 0.25) is 5.02 Å². The van der Waals surface area contributed by atoms with Crippen molar-refractivity contribution in [3.8, 4) is 11.1 Å². The van der Waals surface area contributed by atoms with E-state index in [1.165, 1.54) is 14.1 Å². The van der Waals surface area contributed by atoms with Crippen molar-refractivity contribution in [2.75, 3.05) is 19.4 Å². The number of carbonyl (C=O) groups excluding carboxylic acids is 1. The molecule has 0 spiro atoms. The first kappa shape index (κ1) is 27.5. The van der Waals surface area contributed by atoms with Gasteiger partial charge in [0.15, 0.2) is 5.69 Å². The van der Waals surface area contributed by atoms with Crippen molar-refractivity contribution in [3.05, 3.63) is 64.9 Å². The average Bonchev–Trinajstić information content (AvgIpc) is 3.20. The summed E-state index contributed by atoms with van der Waals surface area (Å²) >= 11 is 6.04. The van der Waals surface area contributed by atoms with Crippen LogP contribution in [0, 0.1) is 0 Å². The number of rotatable bonds is 8. The number of amides is 1. The van der Waals surface area contributed by atoms with Gasteiger partial charge in [0.2, 0.25) is 5.91 Å². The third-order valence-electron chi connectivity index (χ3n) is 4.71. The zero-order chi connectivity index (χ0) is 26.8. The van der Waals surface area contributed by atoms with Gasteiger partial charge in [-0.25, -0.2) is 13.4 Å². The fourth-order valence-corrected chi connectivity index (χ4v) is 4.88. The fourth-order valence-electron chi connectivity index (χ4n) is 3.34. The molecule has 0 fully saturated rings. The zero-order valence-corrected chi connectivity index (χ0v) is 20.2. The van der Waals surface area contributed by atoms with Gasteiger partial charge in [-0.05, 0) is 23.8 Å². The van der Waals surface area contributed by atoms with Gasteiger partial charge in [-0.1, -0.05) is 35.9 Å². The molecule has 1 amide bonds. The molecule has 0 bridgehead atoms. The number of carbonyl (C=O) groups is 1. The lowest BCUT2D eigenvalue weighted by Gasteiger charge is -2.18. The predicted molar refractivity (Wildman–Crippen MR) is 122 cm³/mol. The Balaban J connectivity index is 2.10. The third kappa shape index (κ3) is 6.19. The largest absolute Gasteiger partial charge is 0.433 e. The normalized spacial score (nSPS) is 12.4. The molecule has 2 aromatic carbocycles. The summed E-state index contributed by atoms with van der Waals surface area (Å²) in [5.74, 6) is -0.582. The SMILES string of the molecule is CN(C)NS(=O)(=O)c1cc(NC(=O)Cc2ccccc2Cl)ccc1-c1cnn(C(F)F)c1C(F)(F)F. The average molecular weight is 552 g/mol. The molecular weight excluding hydrogens is 533 g/mol. The number of hydrogen-bond acceptors (Lipinski definition) is 5. The van der Waals surface area contributed by atoms with Crippen molar-refractivity contribution >= 4 is 33.2 Å². The van der Waals surface area contributed by atoms with Crippen molar-refractivity contribution in [3.63, 3.8) is 0 Å². The lowest BCUT2D eigenvalue weighted by Crippen LogP contribution is -2.36. The van der Waals surface area contributed by atoms with Crippen LogP contribution in [-0.4, -0.2) is 43.2 Å². The lowest BCUT2D eigenvalue weighted by atomic mass is 10.1. The number of halogens is 6. The minimum atomic E-state index is -5.28. The highest BCUT2D eigenvalue weighted by Gasteiger charge is 2.41. The molecule has 1 heterocycles. The number of nitrogens with zero attached hydrogens (tertiary/aromatic N) is 3. The van der Waals surface area contributed by atoms with Crippen LogP contribution in [0.4, 0.5) is 27.6 Å². The second-order valence-electron chi connectivity index (χ2n) is 7.64. The Kier molecular flexibility index (Phi) is 8.03. The first-order chi connectivity index (χ1) is 16.7. The molecule has 0 aliphatic heterocycles. The minimum absolute atomic E-state index is 0.0651. The number of hydrazine groups is 1. The molecule has 3 aromatic rings. The van der Waals surface area contributed by atoms with E-state index in [0.29, 0.717) is 16.8 Å². The molecular formula is C21H19ClF5N5O3S. The van der Waals surface area contributed by atoms with Crippen molar-refractivity contribution in [1.29, 1.82) is 0 Å². The van der Waals surface area contributed by atoms with Gasteiger partial charge in [0.1, 0.15) is 0 Å². The number of aromatic nitrogens is 2. The van der Waals surface area contributed by atoms with Crippen LogP contribution < -0.4 is 10.1 Å². The summed E-state index contributed by atoms with van der Waals surface area (Å²) in [5, 5.41) is 6.92. The highest BCUT2D eigenvalue weighted by atomic mass is 35.5. The lowest BCUT2D eigenvalue weighted by molar-refractivity contribution is -0.149. The Morgan fingerprint density at radius 1 is 1.14 bits per heavy atom. The van der Waals surface area contributed by atoms with Crippen LogP contribution in [0.15, 0.2) is 53.6 Å². The molecule has 0 unspecified atom stereocenters. The number of anilines is 1. The van der Waals surface area contributed by atoms with Crippen LogP contribution in [0.25, 0.3) is 11.1 Å². The summed E-state index contributed by atoms with van der Waals surface area (Å²) in [6, 6.07) is 9.56. The van der Waals surface area contributed by atoms with E-state index in [9.17, 15) is 35.2 Å². The molecule has 36 heavy (non-hydrogen) atoms. The fraction of sp³-hybridized carbons (Fsp3) is 0.238. The quantitative estimate of drug-likeness (QED) is 0.316. The Morgan fingerprint density at radius 3 is 2.39 bits per heavy atom. The zero-order valence-electron chi connectivity index (χ0n) is 18.6. The van der Waals surface area contributed by atoms with Crippen LogP contribution in [-0.2, 0) is 27.4 Å². The minimum Gasteiger partial charge on any atom is -0.326 e. The van der Waals surface area contributed by atoms with Gasteiger partial charge in [0.05, 0.1) is 17.5 Å². The van der Waals surface area contributed by atoms with Crippen LogP contribution in [0.5, 0.6) is 0 Å². The molecule has 3 rings (SSSR count). The van der Waals surface area contributed by atoms with Gasteiger partial charge in [0, 0.05) is 35.9 Å². The highest BCUT2D eigenvalue weighted by Crippen LogP contribution is 2.41. The first-order valence-corrected chi connectivity index (χ1v) is 11.9. The van der Waals surface area contributed by atoms with Crippen LogP contribution in [0.3, 0.4) is 0 Å². The van der Waals surface area contributed by atoms with Crippen molar-refractivity contribution in [1.82, 2.24) is 19.6 Å². The van der Waals surface area contributed by atoms with Crippen molar-refractivity contribution in [2.45, 2.75) is 24.0 Å². The summed E-state index contributed by atoms with van der Waals surface area (Å²) < 4.78 is 92.9. The van der Waals surface area contributed by atoms with E-state index in [1.807, 2.05) is 0 Å². The summed E-state index contributed by atoms with van der Waals surface area (Å²) in [6.45, 7) is -3.63. The summed E-state index contributed by atoms with van der Waals surface area (Å²) in [4.78, 5) is 13.9. The van der Waals surface area contributed by atoms with Crippen LogP contribution in [0.1, 0.15) is 17.8 Å². The van der Waals surface area contributed by atoms with Gasteiger partial charge in [0.25, 0.3) is 10.0 Å². The van der Waals surface area contributed by atoms with Crippen molar-refractivity contribution < 1.29 is 35.2 Å². The molecule has 0 atom stereocenters. The van der Waals surface area contributed by atoms with Gasteiger partial charge < -0.3 is 5.32 Å². The van der Waals surface area contributed by atoms with Gasteiger partial charge in [-0.15, -0.1) is 4.83 Å². The molecule has 0 saturated carbocycles. The molecule has 194 valence electrons. The number of sulfonamides is 1. The Bertz CT molecular complexity index is 1380. The molecule has 0 aliphatic carbocycles. The molecule has 1 aromatic heterocycles. The molecule has 8 nitrogen and oxygen atoms in total. The van der Waals surface area contributed by atoms with Gasteiger partial charge >= 0.3 is 12.7 Å². The number of hydrogen-bond donors (Lipinski definition) is 2. The predicted octanol–water partition coefficient (Wildman–Crippen LogP) is 4.55. The van der Waals surface area contributed by atoms with E-state index in [-0.39, 0.29) is 12.1 Å². The standard InChI is InChI=1S/C21H19ClF5N5O3S/c1-31(2)30-36(34,35)17-10-13(29-18(33)9-12-5-3-4-6-16(12)22)7-8-14(17)15-11-28-32(20(23)24)19(15)21(25,26)27/h3-8,10-11,20,30H,9H2,1-2H3,(H,29,33). The Hall–Kier alpha value is -3.07. The second-order valence-corrected chi connectivity index (χ2v) is 9.68. The van der Waals surface area contributed by atoms with E-state index in [1.54, 1.807) is 24.3 Å². The first-order valence-electron chi connectivity index (χ1n) is 10.0. The number of benzene rings is 2. The highest BCUT2D eigenvalue weighted by molar-refractivity contribution is 7.89. The maximum atomic E-state index is 13.7. The maximum Gasteiger partial charge on any atom is 0.433 e. The summed E-state index contributed by atoms with van der Waals surface area (Å²) in [7, 11) is -1.88. The van der Waals surface area contributed by atoms with E-state index in [4.69, 9.17) is 11.6 Å². The van der Waals surface area contributed by atoms with Gasteiger partial charge in [-0.3, -0.25) is 4.79 Å². The molecule has 0 saturated heterocycles.